The number of nitrogens with one attached hydrogen (secondary N) is 4. The van der Waals surface area contributed by atoms with Crippen LogP contribution in [0.25, 0.3) is 0 Å². The van der Waals surface area contributed by atoms with Crippen molar-refractivity contribution in [1.82, 2.24) is 16.1 Å². The number of benzene rings is 2. The molecule has 168 valence electrons. The molecule has 7 N–H and O–H groups in total. The summed E-state index contributed by atoms with van der Waals surface area (Å²) in [7, 11) is 0. The molecule has 0 aliphatic rings. The summed E-state index contributed by atoms with van der Waals surface area (Å²) >= 11 is 0. The molecule has 2 aromatic carbocycles. The largest absolute Gasteiger partial charge is 0.339 e. The lowest BCUT2D eigenvalue weighted by atomic mass is 10.1. The third-order valence-electron chi connectivity index (χ3n) is 4.35. The second-order valence-corrected chi connectivity index (χ2v) is 6.87. The topological polar surface area (TPSA) is 146 Å². The van der Waals surface area contributed by atoms with Gasteiger partial charge in [0.05, 0.1) is 6.54 Å². The molecule has 3 amide bonds. The zero-order valence-corrected chi connectivity index (χ0v) is 17.8. The molecule has 32 heavy (non-hydrogen) atoms. The molecule has 0 fully saturated rings. The minimum Gasteiger partial charge on any atom is -0.339 e. The average molecular weight is 438 g/mol. The quantitative estimate of drug-likeness (QED) is 0.147. The molecule has 2 aromatic rings. The van der Waals surface area contributed by atoms with Gasteiger partial charge in [-0.2, -0.15) is 0 Å². The maximum absolute atomic E-state index is 12.2. The fourth-order valence-corrected chi connectivity index (χ4v) is 2.62. The van der Waals surface area contributed by atoms with E-state index in [2.05, 4.69) is 27.8 Å². The standard InChI is InChI=1S/C23H27N5O4/c1-2-13-25-15-21(29)26-19-11-7-17(8-12-19)4-3-16-5-9-18(10-6-16)22(30)27-20(14-24)23(31)28-32/h5-12,20,25,32H,2,13-15,24H2,1H3,(H,26,29)(H,27,30)(H,28,31)/t20-/m0/s1. The van der Waals surface area contributed by atoms with E-state index in [-0.39, 0.29) is 19.0 Å². The Labute approximate surface area is 186 Å². The maximum atomic E-state index is 12.2. The first-order chi connectivity index (χ1) is 15.5. The lowest BCUT2D eigenvalue weighted by Gasteiger charge is -2.14. The van der Waals surface area contributed by atoms with Crippen LogP contribution in [0.15, 0.2) is 48.5 Å². The van der Waals surface area contributed by atoms with Crippen molar-refractivity contribution in [2.75, 3.05) is 25.0 Å². The van der Waals surface area contributed by atoms with Crippen LogP contribution < -0.4 is 27.2 Å². The van der Waals surface area contributed by atoms with Crippen LogP contribution in [0.3, 0.4) is 0 Å². The lowest BCUT2D eigenvalue weighted by Crippen LogP contribution is -2.50. The van der Waals surface area contributed by atoms with E-state index in [4.69, 9.17) is 10.9 Å². The minimum atomic E-state index is -1.03. The van der Waals surface area contributed by atoms with Gasteiger partial charge in [-0.15, -0.1) is 0 Å². The van der Waals surface area contributed by atoms with Crippen molar-refractivity contribution >= 4 is 23.4 Å². The Balaban J connectivity index is 1.94. The number of hydroxylamine groups is 1. The third kappa shape index (κ3) is 7.85. The molecule has 9 nitrogen and oxygen atoms in total. The highest BCUT2D eigenvalue weighted by Crippen LogP contribution is 2.09. The van der Waals surface area contributed by atoms with E-state index in [1.807, 2.05) is 19.1 Å². The van der Waals surface area contributed by atoms with E-state index >= 15 is 0 Å². The highest BCUT2D eigenvalue weighted by molar-refractivity contribution is 5.97. The van der Waals surface area contributed by atoms with Gasteiger partial charge in [-0.25, -0.2) is 5.48 Å². The number of carbonyl (C=O) groups is 3. The zero-order chi connectivity index (χ0) is 23.3. The van der Waals surface area contributed by atoms with Gasteiger partial charge in [-0.1, -0.05) is 18.8 Å². The number of rotatable bonds is 9. The smallest absolute Gasteiger partial charge is 0.267 e. The molecule has 0 heterocycles. The molecule has 0 saturated heterocycles. The van der Waals surface area contributed by atoms with Crippen LogP contribution in [0.1, 0.15) is 34.8 Å². The van der Waals surface area contributed by atoms with Crippen LogP contribution >= 0.6 is 0 Å². The SMILES string of the molecule is CCCNCC(=O)Nc1ccc(C#Cc2ccc(C(=O)N[C@@H](CN)C(=O)NO)cc2)cc1. The Hall–Kier alpha value is -3.71. The van der Waals surface area contributed by atoms with Crippen molar-refractivity contribution in [3.63, 3.8) is 0 Å². The van der Waals surface area contributed by atoms with Crippen LogP contribution in [0.5, 0.6) is 0 Å². The molecule has 2 rings (SSSR count). The van der Waals surface area contributed by atoms with Gasteiger partial charge < -0.3 is 21.7 Å². The van der Waals surface area contributed by atoms with Crippen molar-refractivity contribution < 1.29 is 19.6 Å². The van der Waals surface area contributed by atoms with Gasteiger partial charge in [-0.05, 0) is 61.5 Å². The molecule has 0 spiro atoms. The molecule has 0 aromatic heterocycles. The Morgan fingerprint density at radius 2 is 1.59 bits per heavy atom. The number of amides is 3. The first kappa shape index (κ1) is 24.6. The Morgan fingerprint density at radius 3 is 2.12 bits per heavy atom. The van der Waals surface area contributed by atoms with Crippen LogP contribution in [0.2, 0.25) is 0 Å². The summed E-state index contributed by atoms with van der Waals surface area (Å²) in [5, 5.41) is 17.0. The molecule has 0 aliphatic heterocycles. The summed E-state index contributed by atoms with van der Waals surface area (Å²) in [6, 6.07) is 12.7. The van der Waals surface area contributed by atoms with Crippen molar-refractivity contribution in [2.24, 2.45) is 5.73 Å². The molecule has 0 saturated carbocycles. The number of hydrogen-bond donors (Lipinski definition) is 6. The predicted molar refractivity (Wildman–Crippen MR) is 121 cm³/mol. The summed E-state index contributed by atoms with van der Waals surface area (Å²) in [5.74, 6) is 4.64. The van der Waals surface area contributed by atoms with Gasteiger partial charge in [0.2, 0.25) is 5.91 Å². The van der Waals surface area contributed by atoms with Crippen LogP contribution in [0, 0.1) is 11.8 Å². The summed E-state index contributed by atoms with van der Waals surface area (Å²) in [6.45, 7) is 2.95. The van der Waals surface area contributed by atoms with E-state index in [1.54, 1.807) is 36.4 Å². The minimum absolute atomic E-state index is 0.101. The number of nitrogens with two attached hydrogens (primary N) is 1. The van der Waals surface area contributed by atoms with E-state index in [9.17, 15) is 14.4 Å². The molecular weight excluding hydrogens is 410 g/mol. The second-order valence-electron chi connectivity index (χ2n) is 6.87. The predicted octanol–water partition coefficient (Wildman–Crippen LogP) is 0.587. The van der Waals surface area contributed by atoms with Gasteiger partial charge in [0.15, 0.2) is 0 Å². The zero-order valence-electron chi connectivity index (χ0n) is 17.8. The van der Waals surface area contributed by atoms with Crippen molar-refractivity contribution in [3.8, 4) is 11.8 Å². The Kier molecular flexibility index (Phi) is 9.87. The molecule has 9 heteroatoms. The first-order valence-corrected chi connectivity index (χ1v) is 10.1. The number of hydrogen-bond acceptors (Lipinski definition) is 6. The molecule has 0 radical (unpaired) electrons. The molecule has 0 unspecified atom stereocenters. The normalized spacial score (nSPS) is 11.0. The van der Waals surface area contributed by atoms with Gasteiger partial charge in [0.1, 0.15) is 6.04 Å². The second kappa shape index (κ2) is 12.9. The molecule has 1 atom stereocenters. The summed E-state index contributed by atoms with van der Waals surface area (Å²) in [4.78, 5) is 35.4. The summed E-state index contributed by atoms with van der Waals surface area (Å²) in [6.07, 6.45) is 0.967. The highest BCUT2D eigenvalue weighted by atomic mass is 16.5. The van der Waals surface area contributed by atoms with Gasteiger partial charge >= 0.3 is 0 Å². The fraction of sp³-hybridized carbons (Fsp3) is 0.261. The van der Waals surface area contributed by atoms with Gasteiger partial charge in [0, 0.05) is 28.9 Å². The molecule has 0 aliphatic carbocycles. The average Bonchev–Trinajstić information content (AvgIpc) is 2.82. The lowest BCUT2D eigenvalue weighted by molar-refractivity contribution is -0.130. The van der Waals surface area contributed by atoms with Crippen molar-refractivity contribution in [1.29, 1.82) is 0 Å². The summed E-state index contributed by atoms with van der Waals surface area (Å²) < 4.78 is 0. The summed E-state index contributed by atoms with van der Waals surface area (Å²) in [5.41, 5.74) is 9.38. The Morgan fingerprint density at radius 1 is 1.00 bits per heavy atom. The van der Waals surface area contributed by atoms with E-state index < -0.39 is 17.9 Å². The molecule has 0 bridgehead atoms. The molecular formula is C23H27N5O4. The van der Waals surface area contributed by atoms with Crippen LogP contribution in [-0.2, 0) is 9.59 Å². The number of anilines is 1. The third-order valence-corrected chi connectivity index (χ3v) is 4.35. The highest BCUT2D eigenvalue weighted by Gasteiger charge is 2.19. The van der Waals surface area contributed by atoms with E-state index in [1.165, 1.54) is 5.48 Å². The Bertz CT molecular complexity index is 978. The van der Waals surface area contributed by atoms with E-state index in [0.717, 1.165) is 18.5 Å². The fourth-order valence-electron chi connectivity index (χ4n) is 2.62. The monoisotopic (exact) mass is 437 g/mol. The van der Waals surface area contributed by atoms with Gasteiger partial charge in [0.25, 0.3) is 11.8 Å². The van der Waals surface area contributed by atoms with Crippen LogP contribution in [0.4, 0.5) is 5.69 Å². The van der Waals surface area contributed by atoms with Crippen molar-refractivity contribution in [3.05, 3.63) is 65.2 Å². The van der Waals surface area contributed by atoms with E-state index in [0.29, 0.717) is 16.8 Å². The van der Waals surface area contributed by atoms with Gasteiger partial charge in [-0.3, -0.25) is 19.6 Å². The maximum Gasteiger partial charge on any atom is 0.267 e. The van der Waals surface area contributed by atoms with Crippen molar-refractivity contribution in [2.45, 2.75) is 19.4 Å². The van der Waals surface area contributed by atoms with Crippen LogP contribution in [-0.4, -0.2) is 48.6 Å². The first-order valence-electron chi connectivity index (χ1n) is 10.1. The number of carbonyl (C=O) groups excluding carboxylic acids is 3.